The van der Waals surface area contributed by atoms with Gasteiger partial charge in [-0.25, -0.2) is 0 Å². The van der Waals surface area contributed by atoms with E-state index in [-0.39, 0.29) is 64.5 Å². The molecule has 0 aromatic rings. The van der Waals surface area contributed by atoms with Crippen molar-refractivity contribution in [3.63, 3.8) is 0 Å². The van der Waals surface area contributed by atoms with Crippen LogP contribution in [0.1, 0.15) is 85.0 Å². The van der Waals surface area contributed by atoms with Gasteiger partial charge >= 0.3 is 29.6 Å². The van der Waals surface area contributed by atoms with Crippen LogP contribution in [0.15, 0.2) is 0 Å². The van der Waals surface area contributed by atoms with Gasteiger partial charge in [0.2, 0.25) is 0 Å². The zero-order chi connectivity index (χ0) is 20.3. The Balaban J connectivity index is 0.00000160. The van der Waals surface area contributed by atoms with E-state index in [0.717, 1.165) is 32.1 Å². The molecule has 10 atom stereocenters. The molecule has 7 unspecified atom stereocenters. The molecule has 4 aliphatic carbocycles. The normalized spacial score (nSPS) is 48.2. The predicted molar refractivity (Wildman–Crippen MR) is 110 cm³/mol. The Kier molecular flexibility index (Phi) is 8.59. The molecule has 6 heteroatoms. The molecule has 0 bridgehead atoms. The molecular weight excluding hydrogens is 391 g/mol. The molecular formula is C24H41NaO5. The fraction of sp³-hybridized carbons (Fsp3) is 0.958. The molecule has 0 aromatic heterocycles. The smallest absolute Gasteiger partial charge is 0.550 e. The minimum absolute atomic E-state index is 0. The number of aliphatic hydroxyl groups excluding tert-OH is 2. The second kappa shape index (κ2) is 9.69. The van der Waals surface area contributed by atoms with E-state index >= 15 is 0 Å². The Morgan fingerprint density at radius 2 is 1.77 bits per heavy atom. The molecule has 0 aliphatic heterocycles. The van der Waals surface area contributed by atoms with Gasteiger partial charge in [0.15, 0.2) is 0 Å². The van der Waals surface area contributed by atoms with Gasteiger partial charge in [0.05, 0.1) is 12.2 Å². The fourth-order valence-electron chi connectivity index (χ4n) is 8.71. The SMILES string of the molecule is CC(CCC(=O)[O-])C1CCC2C3CC[C@@H]4CC(O)CC[C@]4(C)C3CC(O)[C@]12C.O.[Na+]. The molecule has 4 saturated carbocycles. The quantitative estimate of drug-likeness (QED) is 0.574. The maximum Gasteiger partial charge on any atom is 1.00 e. The Morgan fingerprint density at radius 1 is 1.07 bits per heavy atom. The van der Waals surface area contributed by atoms with Crippen LogP contribution in [-0.4, -0.2) is 33.9 Å². The average Bonchev–Trinajstić information content (AvgIpc) is 3.00. The number of aliphatic carboxylic acids is 1. The Morgan fingerprint density at radius 3 is 2.43 bits per heavy atom. The van der Waals surface area contributed by atoms with Crippen LogP contribution in [0, 0.1) is 46.3 Å². The van der Waals surface area contributed by atoms with Crippen LogP contribution in [-0.2, 0) is 4.79 Å². The van der Waals surface area contributed by atoms with Gasteiger partial charge in [-0.05, 0) is 111 Å². The molecule has 0 radical (unpaired) electrons. The summed E-state index contributed by atoms with van der Waals surface area (Å²) in [7, 11) is 0. The summed E-state index contributed by atoms with van der Waals surface area (Å²) >= 11 is 0. The summed E-state index contributed by atoms with van der Waals surface area (Å²) in [4.78, 5) is 10.9. The first-order chi connectivity index (χ1) is 13.2. The van der Waals surface area contributed by atoms with Crippen LogP contribution in [0.3, 0.4) is 0 Å². The van der Waals surface area contributed by atoms with Crippen molar-refractivity contribution in [2.24, 2.45) is 46.3 Å². The molecule has 30 heavy (non-hydrogen) atoms. The number of carboxylic acids is 1. The number of aliphatic hydroxyl groups is 2. The minimum atomic E-state index is -0.957. The van der Waals surface area contributed by atoms with Crippen molar-refractivity contribution in [1.82, 2.24) is 0 Å². The Labute approximate surface area is 204 Å². The number of carbonyl (C=O) groups excluding carboxylic acids is 1. The monoisotopic (exact) mass is 432 g/mol. The summed E-state index contributed by atoms with van der Waals surface area (Å²) in [6, 6.07) is 0. The fourth-order valence-corrected chi connectivity index (χ4v) is 8.71. The van der Waals surface area contributed by atoms with E-state index in [9.17, 15) is 20.1 Å². The zero-order valence-electron chi connectivity index (χ0n) is 19.4. The summed E-state index contributed by atoms with van der Waals surface area (Å²) < 4.78 is 0. The van der Waals surface area contributed by atoms with Gasteiger partial charge in [-0.2, -0.15) is 0 Å². The Hall–Kier alpha value is 0.350. The molecule has 4 N–H and O–H groups in total. The summed E-state index contributed by atoms with van der Waals surface area (Å²) in [6.45, 7) is 6.94. The largest absolute Gasteiger partial charge is 1.00 e. The molecule has 168 valence electrons. The third-order valence-electron chi connectivity index (χ3n) is 10.3. The minimum Gasteiger partial charge on any atom is -0.550 e. The van der Waals surface area contributed by atoms with Crippen LogP contribution >= 0.6 is 0 Å². The van der Waals surface area contributed by atoms with Crippen molar-refractivity contribution in [3.8, 4) is 0 Å². The number of hydrogen-bond donors (Lipinski definition) is 2. The molecule has 4 aliphatic rings. The van der Waals surface area contributed by atoms with Gasteiger partial charge < -0.3 is 25.6 Å². The van der Waals surface area contributed by atoms with E-state index in [4.69, 9.17) is 0 Å². The summed E-state index contributed by atoms with van der Waals surface area (Å²) in [5.41, 5.74) is 0.188. The van der Waals surface area contributed by atoms with Crippen LogP contribution in [0.4, 0.5) is 0 Å². The summed E-state index contributed by atoms with van der Waals surface area (Å²) in [5, 5.41) is 32.6. The first-order valence-electron chi connectivity index (χ1n) is 11.7. The van der Waals surface area contributed by atoms with E-state index in [1.807, 2.05) is 0 Å². The molecule has 0 heterocycles. The van der Waals surface area contributed by atoms with E-state index < -0.39 is 5.97 Å². The Bertz CT molecular complexity index is 614. The molecule has 4 rings (SSSR count). The molecule has 0 spiro atoms. The van der Waals surface area contributed by atoms with Crippen molar-refractivity contribution in [2.75, 3.05) is 0 Å². The number of carbonyl (C=O) groups is 1. The topological polar surface area (TPSA) is 112 Å². The van der Waals surface area contributed by atoms with Crippen LogP contribution in [0.5, 0.6) is 0 Å². The third-order valence-corrected chi connectivity index (χ3v) is 10.3. The second-order valence-electron chi connectivity index (χ2n) is 11.3. The second-order valence-corrected chi connectivity index (χ2v) is 11.3. The van der Waals surface area contributed by atoms with Crippen molar-refractivity contribution < 1.29 is 55.1 Å². The number of fused-ring (bicyclic) bond motifs is 5. The molecule has 0 saturated heterocycles. The first-order valence-corrected chi connectivity index (χ1v) is 11.7. The number of rotatable bonds is 4. The van der Waals surface area contributed by atoms with Gasteiger partial charge in [0.25, 0.3) is 0 Å². The summed E-state index contributed by atoms with van der Waals surface area (Å²) in [6.07, 6.45) is 8.98. The predicted octanol–water partition coefficient (Wildman–Crippen LogP) is -0.677. The van der Waals surface area contributed by atoms with E-state index in [1.54, 1.807) is 0 Å². The molecule has 4 fully saturated rings. The van der Waals surface area contributed by atoms with E-state index in [1.165, 1.54) is 19.3 Å². The third kappa shape index (κ3) is 4.17. The van der Waals surface area contributed by atoms with Gasteiger partial charge in [-0.3, -0.25) is 0 Å². The zero-order valence-corrected chi connectivity index (χ0v) is 21.4. The standard InChI is InChI=1S/C24H40O4.Na.H2O/c1-14(4-9-22(27)28)18-7-8-19-17-6-5-15-12-16(25)10-11-23(15,2)20(17)13-21(26)24(18,19)3;;/h14-21,25-26H,4-13H2,1-3H3,(H,27,28);;1H2/q;+1;/p-1/t14?,15-,16?,17?,18?,19?,20?,21?,23+,24-;;/m1../s1. The van der Waals surface area contributed by atoms with Crippen molar-refractivity contribution in [2.45, 2.75) is 97.2 Å². The van der Waals surface area contributed by atoms with Gasteiger partial charge in [0, 0.05) is 5.97 Å². The van der Waals surface area contributed by atoms with Crippen LogP contribution < -0.4 is 34.7 Å². The molecule has 5 nitrogen and oxygen atoms in total. The van der Waals surface area contributed by atoms with Gasteiger partial charge in [-0.15, -0.1) is 0 Å². The number of hydrogen-bond acceptors (Lipinski definition) is 4. The van der Waals surface area contributed by atoms with Crippen molar-refractivity contribution >= 4 is 5.97 Å². The van der Waals surface area contributed by atoms with Crippen LogP contribution in [0.2, 0.25) is 0 Å². The van der Waals surface area contributed by atoms with Gasteiger partial charge in [-0.1, -0.05) is 20.8 Å². The van der Waals surface area contributed by atoms with E-state index in [0.29, 0.717) is 41.9 Å². The van der Waals surface area contributed by atoms with Crippen molar-refractivity contribution in [3.05, 3.63) is 0 Å². The maximum atomic E-state index is 11.5. The average molecular weight is 433 g/mol. The van der Waals surface area contributed by atoms with E-state index in [2.05, 4.69) is 20.8 Å². The number of carboxylic acid groups (broad SMARTS) is 1. The van der Waals surface area contributed by atoms with Crippen LogP contribution in [0.25, 0.3) is 0 Å². The molecule has 0 aromatic carbocycles. The first kappa shape index (κ1) is 26.6. The van der Waals surface area contributed by atoms with Crippen molar-refractivity contribution in [1.29, 1.82) is 0 Å². The molecule has 0 amide bonds. The maximum absolute atomic E-state index is 11.5. The summed E-state index contributed by atoms with van der Waals surface area (Å²) in [5.74, 6) is 2.19. The van der Waals surface area contributed by atoms with Gasteiger partial charge in [0.1, 0.15) is 0 Å².